The number of hydrogen-bond donors (Lipinski definition) is 1. The average molecular weight is 318 g/mol. The number of ether oxygens (including phenoxy) is 1. The zero-order valence-electron chi connectivity index (χ0n) is 13.7. The average Bonchev–Trinajstić information content (AvgIpc) is 2.50. The van der Waals surface area contributed by atoms with Gasteiger partial charge in [0.15, 0.2) is 0 Å². The molecule has 1 unspecified atom stereocenters. The SMILES string of the molecule is C.CCCC(CCO)N(C1CCCCC1)C1CCOCC1.O. The summed E-state index contributed by atoms with van der Waals surface area (Å²) >= 11 is 0. The van der Waals surface area contributed by atoms with Crippen molar-refractivity contribution in [2.75, 3.05) is 19.8 Å². The minimum absolute atomic E-state index is 0. The van der Waals surface area contributed by atoms with Gasteiger partial charge in [0, 0.05) is 37.9 Å². The molecule has 1 aliphatic heterocycles. The van der Waals surface area contributed by atoms with E-state index in [9.17, 15) is 5.11 Å². The maximum atomic E-state index is 9.46. The predicted molar refractivity (Wildman–Crippen MR) is 93.3 cm³/mol. The molecule has 1 atom stereocenters. The van der Waals surface area contributed by atoms with Crippen LogP contribution in [0.4, 0.5) is 0 Å². The van der Waals surface area contributed by atoms with Gasteiger partial charge >= 0.3 is 0 Å². The lowest BCUT2D eigenvalue weighted by atomic mass is 9.89. The third-order valence-corrected chi connectivity index (χ3v) is 5.11. The molecule has 0 aromatic rings. The monoisotopic (exact) mass is 317 g/mol. The summed E-state index contributed by atoms with van der Waals surface area (Å²) in [7, 11) is 0. The van der Waals surface area contributed by atoms with Crippen molar-refractivity contribution in [2.24, 2.45) is 0 Å². The van der Waals surface area contributed by atoms with Crippen LogP contribution in [0, 0.1) is 0 Å². The van der Waals surface area contributed by atoms with Crippen molar-refractivity contribution >= 4 is 0 Å². The number of rotatable bonds is 7. The first-order chi connectivity index (χ1) is 9.86. The molecule has 0 bridgehead atoms. The highest BCUT2D eigenvalue weighted by Gasteiger charge is 2.33. The Balaban J connectivity index is 0.00000220. The summed E-state index contributed by atoms with van der Waals surface area (Å²) in [5.41, 5.74) is 0. The molecule has 0 aromatic heterocycles. The molecule has 1 heterocycles. The second-order valence-corrected chi connectivity index (χ2v) is 6.54. The van der Waals surface area contributed by atoms with Gasteiger partial charge in [-0.3, -0.25) is 4.90 Å². The maximum absolute atomic E-state index is 9.46. The van der Waals surface area contributed by atoms with Gasteiger partial charge in [0.25, 0.3) is 0 Å². The van der Waals surface area contributed by atoms with Gasteiger partial charge in [-0.2, -0.15) is 0 Å². The maximum Gasteiger partial charge on any atom is 0.0480 e. The molecule has 0 amide bonds. The number of nitrogens with zero attached hydrogens (tertiary/aromatic N) is 1. The lowest BCUT2D eigenvalue weighted by molar-refractivity contribution is -0.0209. The van der Waals surface area contributed by atoms with Crippen LogP contribution in [-0.4, -0.2) is 53.4 Å². The van der Waals surface area contributed by atoms with Crippen LogP contribution in [0.15, 0.2) is 0 Å². The Kier molecular flexibility index (Phi) is 12.2. The summed E-state index contributed by atoms with van der Waals surface area (Å²) < 4.78 is 5.56. The Morgan fingerprint density at radius 3 is 2.14 bits per heavy atom. The van der Waals surface area contributed by atoms with Crippen molar-refractivity contribution in [3.63, 3.8) is 0 Å². The van der Waals surface area contributed by atoms with Gasteiger partial charge < -0.3 is 15.3 Å². The zero-order valence-corrected chi connectivity index (χ0v) is 13.7. The van der Waals surface area contributed by atoms with Crippen molar-refractivity contribution in [3.05, 3.63) is 0 Å². The molecule has 0 aromatic carbocycles. The Bertz CT molecular complexity index is 227. The molecular weight excluding hydrogens is 278 g/mol. The molecule has 2 aliphatic rings. The van der Waals surface area contributed by atoms with Crippen LogP contribution in [0.3, 0.4) is 0 Å². The molecular formula is C18H39NO3. The van der Waals surface area contributed by atoms with Crippen molar-refractivity contribution in [2.45, 2.75) is 96.7 Å². The standard InChI is InChI=1S/C17H33NO2.CH4.H2O/c1-2-6-15(9-12-19)18(16-7-4-3-5-8-16)17-10-13-20-14-11-17;;/h15-17,19H,2-14H2,1H3;1H4;1H2. The van der Waals surface area contributed by atoms with Gasteiger partial charge in [-0.15, -0.1) is 0 Å². The van der Waals surface area contributed by atoms with E-state index in [-0.39, 0.29) is 12.9 Å². The van der Waals surface area contributed by atoms with Gasteiger partial charge in [0.2, 0.25) is 0 Å². The quantitative estimate of drug-likeness (QED) is 0.784. The van der Waals surface area contributed by atoms with Crippen LogP contribution >= 0.6 is 0 Å². The minimum atomic E-state index is 0. The van der Waals surface area contributed by atoms with Gasteiger partial charge in [-0.25, -0.2) is 0 Å². The molecule has 1 aliphatic carbocycles. The summed E-state index contributed by atoms with van der Waals surface area (Å²) in [6.07, 6.45) is 12.7. The molecule has 0 radical (unpaired) electrons. The van der Waals surface area contributed by atoms with Gasteiger partial charge in [-0.05, 0) is 38.5 Å². The van der Waals surface area contributed by atoms with E-state index in [0.29, 0.717) is 18.7 Å². The zero-order chi connectivity index (χ0) is 14.2. The van der Waals surface area contributed by atoms with Crippen LogP contribution in [0.2, 0.25) is 0 Å². The topological polar surface area (TPSA) is 64.2 Å². The van der Waals surface area contributed by atoms with Crippen molar-refractivity contribution in [1.29, 1.82) is 0 Å². The van der Waals surface area contributed by atoms with E-state index in [1.165, 1.54) is 57.8 Å². The number of aliphatic hydroxyl groups excluding tert-OH is 1. The molecule has 4 nitrogen and oxygen atoms in total. The third-order valence-electron chi connectivity index (χ3n) is 5.11. The van der Waals surface area contributed by atoms with E-state index in [4.69, 9.17) is 4.74 Å². The Morgan fingerprint density at radius 1 is 1.00 bits per heavy atom. The lowest BCUT2D eigenvalue weighted by Crippen LogP contribution is -2.52. The van der Waals surface area contributed by atoms with E-state index in [1.54, 1.807) is 0 Å². The first-order valence-corrected chi connectivity index (χ1v) is 8.82. The lowest BCUT2D eigenvalue weighted by Gasteiger charge is -2.46. The molecule has 3 N–H and O–H groups in total. The van der Waals surface area contributed by atoms with E-state index >= 15 is 0 Å². The van der Waals surface area contributed by atoms with Crippen molar-refractivity contribution < 1.29 is 15.3 Å². The van der Waals surface area contributed by atoms with E-state index in [2.05, 4.69) is 11.8 Å². The molecule has 2 rings (SSSR count). The van der Waals surface area contributed by atoms with E-state index in [1.807, 2.05) is 0 Å². The van der Waals surface area contributed by atoms with Crippen LogP contribution in [0.5, 0.6) is 0 Å². The fraction of sp³-hybridized carbons (Fsp3) is 1.00. The smallest absolute Gasteiger partial charge is 0.0480 e. The fourth-order valence-electron chi connectivity index (χ4n) is 4.18. The van der Waals surface area contributed by atoms with Crippen LogP contribution in [-0.2, 0) is 4.74 Å². The third kappa shape index (κ3) is 6.15. The highest BCUT2D eigenvalue weighted by molar-refractivity contribution is 4.88. The van der Waals surface area contributed by atoms with E-state index in [0.717, 1.165) is 25.7 Å². The molecule has 2 fully saturated rings. The van der Waals surface area contributed by atoms with Gasteiger partial charge in [0.1, 0.15) is 0 Å². The van der Waals surface area contributed by atoms with Crippen LogP contribution in [0.25, 0.3) is 0 Å². The summed E-state index contributed by atoms with van der Waals surface area (Å²) in [6.45, 7) is 4.45. The molecule has 134 valence electrons. The Hall–Kier alpha value is -0.160. The molecule has 1 saturated heterocycles. The van der Waals surface area contributed by atoms with Gasteiger partial charge in [-0.1, -0.05) is 40.0 Å². The molecule has 0 spiro atoms. The first kappa shape index (κ1) is 21.8. The minimum Gasteiger partial charge on any atom is -0.412 e. The Morgan fingerprint density at radius 2 is 1.59 bits per heavy atom. The summed E-state index contributed by atoms with van der Waals surface area (Å²) in [5.74, 6) is 0. The normalized spacial score (nSPS) is 22.0. The summed E-state index contributed by atoms with van der Waals surface area (Å²) in [6, 6.07) is 2.03. The second kappa shape index (κ2) is 12.3. The molecule has 22 heavy (non-hydrogen) atoms. The fourth-order valence-corrected chi connectivity index (χ4v) is 4.18. The highest BCUT2D eigenvalue weighted by Crippen LogP contribution is 2.31. The van der Waals surface area contributed by atoms with E-state index < -0.39 is 0 Å². The second-order valence-electron chi connectivity index (χ2n) is 6.54. The summed E-state index contributed by atoms with van der Waals surface area (Å²) in [4.78, 5) is 2.82. The molecule has 1 saturated carbocycles. The highest BCUT2D eigenvalue weighted by atomic mass is 16.5. The largest absolute Gasteiger partial charge is 0.412 e. The van der Waals surface area contributed by atoms with Gasteiger partial charge in [0.05, 0.1) is 0 Å². The summed E-state index contributed by atoms with van der Waals surface area (Å²) in [5, 5.41) is 9.46. The van der Waals surface area contributed by atoms with Crippen molar-refractivity contribution in [1.82, 2.24) is 4.90 Å². The van der Waals surface area contributed by atoms with Crippen LogP contribution in [0.1, 0.15) is 78.6 Å². The van der Waals surface area contributed by atoms with Crippen LogP contribution < -0.4 is 0 Å². The first-order valence-electron chi connectivity index (χ1n) is 8.82. The van der Waals surface area contributed by atoms with Crippen molar-refractivity contribution in [3.8, 4) is 0 Å². The number of aliphatic hydroxyl groups is 1. The number of hydrogen-bond acceptors (Lipinski definition) is 3. The Labute approximate surface area is 137 Å². The molecule has 4 heteroatoms. The predicted octanol–water partition coefficient (Wildman–Crippen LogP) is 3.16.